The number of benzene rings is 2. The predicted molar refractivity (Wildman–Crippen MR) is 169 cm³/mol. The molecule has 10 heteroatoms. The number of anilines is 1. The van der Waals surface area contributed by atoms with Crippen LogP contribution in [0.5, 0.6) is 6.01 Å². The zero-order valence-electron chi connectivity index (χ0n) is 24.9. The number of amides is 1. The quantitative estimate of drug-likeness (QED) is 0.335. The predicted octanol–water partition coefficient (Wildman–Crippen LogP) is 5.22. The minimum absolute atomic E-state index is 0.0688. The molecule has 0 N–H and O–H groups in total. The van der Waals surface area contributed by atoms with Crippen LogP contribution >= 0.6 is 11.6 Å². The molecule has 1 unspecified atom stereocenters. The first kappa shape index (κ1) is 29.0. The first-order chi connectivity index (χ1) is 21.5. The number of hydrogen-bond acceptors (Lipinski definition) is 8. The Morgan fingerprint density at radius 3 is 2.73 bits per heavy atom. The van der Waals surface area contributed by atoms with E-state index >= 15 is 0 Å². The van der Waals surface area contributed by atoms with E-state index in [1.165, 1.54) is 18.9 Å². The zero-order valence-corrected chi connectivity index (χ0v) is 25.6. The highest BCUT2D eigenvalue weighted by atomic mass is 35.5. The summed E-state index contributed by atoms with van der Waals surface area (Å²) in [6.07, 6.45) is 6.54. The molecule has 4 aliphatic rings. The molecule has 3 saturated heterocycles. The van der Waals surface area contributed by atoms with E-state index in [4.69, 9.17) is 31.0 Å². The van der Waals surface area contributed by atoms with Gasteiger partial charge in [-0.15, -0.1) is 0 Å². The fourth-order valence-corrected chi connectivity index (χ4v) is 8.03. The molecule has 0 spiro atoms. The lowest BCUT2D eigenvalue weighted by atomic mass is 9.94. The van der Waals surface area contributed by atoms with E-state index < -0.39 is 0 Å². The van der Waals surface area contributed by atoms with Crippen molar-refractivity contribution in [2.75, 3.05) is 44.2 Å². The van der Waals surface area contributed by atoms with Gasteiger partial charge in [0, 0.05) is 42.0 Å². The monoisotopic (exact) mass is 612 g/mol. The molecule has 228 valence electrons. The van der Waals surface area contributed by atoms with Gasteiger partial charge in [-0.2, -0.15) is 15.2 Å². The van der Waals surface area contributed by atoms with E-state index in [0.29, 0.717) is 50.3 Å². The maximum absolute atomic E-state index is 12.6. The van der Waals surface area contributed by atoms with E-state index in [0.717, 1.165) is 59.3 Å². The number of carbonyl (C=O) groups is 1. The lowest BCUT2D eigenvalue weighted by Gasteiger charge is -2.42. The number of ether oxygens (including phenoxy) is 2. The molecule has 2 atom stereocenters. The molecule has 2 aromatic carbocycles. The average Bonchev–Trinajstić information content (AvgIpc) is 3.63. The van der Waals surface area contributed by atoms with Crippen LogP contribution in [0.4, 0.5) is 5.82 Å². The van der Waals surface area contributed by atoms with Gasteiger partial charge in [0.15, 0.2) is 0 Å². The molecular formula is C34H37ClN6O3. The van der Waals surface area contributed by atoms with Crippen molar-refractivity contribution in [3.05, 3.63) is 70.9 Å². The van der Waals surface area contributed by atoms with Crippen molar-refractivity contribution >= 4 is 34.1 Å². The van der Waals surface area contributed by atoms with Gasteiger partial charge in [0.1, 0.15) is 12.4 Å². The Morgan fingerprint density at radius 1 is 1.16 bits per heavy atom. The standard InChI is InChI=1S/C34H37ClN6O3/c1-2-30(42)41-18-17-39(20-24(41)11-14-36)32-26-21-43-29(25-9-3-7-23-8-4-10-27(35)31(23)25)19-28(26)37-33(38-32)44-22-34-12-5-15-40(34)16-6-13-34/h2-4,7-10,24,29H,1,5-6,11-13,15-22H2/t24-,29?/m0/s1. The van der Waals surface area contributed by atoms with Gasteiger partial charge >= 0.3 is 6.01 Å². The largest absolute Gasteiger partial charge is 0.461 e. The Bertz CT molecular complexity index is 1620. The van der Waals surface area contributed by atoms with Crippen molar-refractivity contribution in [2.45, 2.75) is 62.8 Å². The molecule has 3 fully saturated rings. The minimum atomic E-state index is -0.270. The Kier molecular flexibility index (Phi) is 7.91. The summed E-state index contributed by atoms with van der Waals surface area (Å²) in [5.41, 5.74) is 2.94. The molecule has 1 aromatic heterocycles. The van der Waals surface area contributed by atoms with Crippen LogP contribution in [-0.4, -0.2) is 76.6 Å². The van der Waals surface area contributed by atoms with E-state index in [9.17, 15) is 10.1 Å². The van der Waals surface area contributed by atoms with Crippen molar-refractivity contribution in [1.29, 1.82) is 5.26 Å². The summed E-state index contributed by atoms with van der Waals surface area (Å²) >= 11 is 6.70. The van der Waals surface area contributed by atoms with Crippen molar-refractivity contribution in [3.63, 3.8) is 0 Å². The normalized spacial score (nSPS) is 22.8. The first-order valence-electron chi connectivity index (χ1n) is 15.6. The molecule has 9 nitrogen and oxygen atoms in total. The van der Waals surface area contributed by atoms with Crippen LogP contribution in [-0.2, 0) is 22.6 Å². The molecule has 0 radical (unpaired) electrons. The van der Waals surface area contributed by atoms with E-state index in [2.05, 4.69) is 40.6 Å². The summed E-state index contributed by atoms with van der Waals surface area (Å²) in [7, 11) is 0. The molecule has 44 heavy (non-hydrogen) atoms. The van der Waals surface area contributed by atoms with Crippen molar-refractivity contribution in [1.82, 2.24) is 19.8 Å². The lowest BCUT2D eigenvalue weighted by Crippen LogP contribution is -2.55. The maximum Gasteiger partial charge on any atom is 0.318 e. The second kappa shape index (κ2) is 12.0. The fourth-order valence-electron chi connectivity index (χ4n) is 7.74. The first-order valence-corrected chi connectivity index (χ1v) is 16.0. The Balaban J connectivity index is 1.23. The van der Waals surface area contributed by atoms with Crippen LogP contribution in [0.25, 0.3) is 10.8 Å². The maximum atomic E-state index is 12.6. The van der Waals surface area contributed by atoms with Gasteiger partial charge in [0.2, 0.25) is 5.91 Å². The molecule has 7 rings (SSSR count). The van der Waals surface area contributed by atoms with Crippen molar-refractivity contribution in [3.8, 4) is 12.1 Å². The summed E-state index contributed by atoms with van der Waals surface area (Å²) in [4.78, 5) is 29.0. The number of hydrogen-bond donors (Lipinski definition) is 0. The third-order valence-electron chi connectivity index (χ3n) is 9.94. The molecule has 0 aliphatic carbocycles. The van der Waals surface area contributed by atoms with Crippen LogP contribution in [0.2, 0.25) is 5.02 Å². The smallest absolute Gasteiger partial charge is 0.318 e. The summed E-state index contributed by atoms with van der Waals surface area (Å²) in [6, 6.07) is 14.5. The zero-order chi connectivity index (χ0) is 30.3. The number of fused-ring (bicyclic) bond motifs is 3. The van der Waals surface area contributed by atoms with Gasteiger partial charge in [-0.05, 0) is 61.9 Å². The Morgan fingerprint density at radius 2 is 1.95 bits per heavy atom. The average molecular weight is 613 g/mol. The van der Waals surface area contributed by atoms with Crippen molar-refractivity contribution in [2.24, 2.45) is 0 Å². The van der Waals surface area contributed by atoms with Crippen LogP contribution in [0, 0.1) is 11.3 Å². The van der Waals surface area contributed by atoms with Gasteiger partial charge in [0.25, 0.3) is 0 Å². The molecule has 1 amide bonds. The van der Waals surface area contributed by atoms with Crippen LogP contribution in [0.3, 0.4) is 0 Å². The van der Waals surface area contributed by atoms with E-state index in [-0.39, 0.29) is 30.0 Å². The number of nitrogens with zero attached hydrogens (tertiary/aromatic N) is 6. The van der Waals surface area contributed by atoms with Gasteiger partial charge in [-0.25, -0.2) is 0 Å². The number of halogens is 1. The molecule has 0 saturated carbocycles. The molecule has 0 bridgehead atoms. The second-order valence-corrected chi connectivity index (χ2v) is 12.8. The molecule has 4 aliphatic heterocycles. The Labute approximate surface area is 263 Å². The highest BCUT2D eigenvalue weighted by Gasteiger charge is 2.45. The summed E-state index contributed by atoms with van der Waals surface area (Å²) in [5, 5.41) is 12.3. The molecule has 3 aromatic rings. The summed E-state index contributed by atoms with van der Waals surface area (Å²) < 4.78 is 13.0. The SMILES string of the molecule is C=CC(=O)N1CCN(c2nc(OCC34CCCN3CCC4)nc3c2COC(c2cccc4cccc(Cl)c24)C3)C[C@@H]1CC#N. The minimum Gasteiger partial charge on any atom is -0.461 e. The number of piperazine rings is 1. The second-order valence-electron chi connectivity index (χ2n) is 12.3. The van der Waals surface area contributed by atoms with Crippen LogP contribution < -0.4 is 9.64 Å². The van der Waals surface area contributed by atoms with Crippen LogP contribution in [0.15, 0.2) is 49.1 Å². The summed E-state index contributed by atoms with van der Waals surface area (Å²) in [5.74, 6) is 0.607. The van der Waals surface area contributed by atoms with Gasteiger partial charge in [0.05, 0.1) is 42.5 Å². The fraction of sp³-hybridized carbons (Fsp3) is 0.471. The van der Waals surface area contributed by atoms with Gasteiger partial charge in [-0.1, -0.05) is 48.5 Å². The third-order valence-corrected chi connectivity index (χ3v) is 10.3. The molecular weight excluding hydrogens is 576 g/mol. The lowest BCUT2D eigenvalue weighted by molar-refractivity contribution is -0.128. The highest BCUT2D eigenvalue weighted by Crippen LogP contribution is 2.41. The highest BCUT2D eigenvalue weighted by molar-refractivity contribution is 6.35. The Hall–Kier alpha value is -3.71. The summed E-state index contributed by atoms with van der Waals surface area (Å²) in [6.45, 7) is 8.34. The van der Waals surface area contributed by atoms with Gasteiger partial charge < -0.3 is 19.3 Å². The van der Waals surface area contributed by atoms with Crippen molar-refractivity contribution < 1.29 is 14.3 Å². The topological polar surface area (TPSA) is 94.8 Å². The number of nitriles is 1. The van der Waals surface area contributed by atoms with E-state index in [1.807, 2.05) is 18.2 Å². The van der Waals surface area contributed by atoms with E-state index in [1.54, 1.807) is 4.90 Å². The van der Waals surface area contributed by atoms with Gasteiger partial charge in [-0.3, -0.25) is 9.69 Å². The van der Waals surface area contributed by atoms with Crippen LogP contribution in [0.1, 0.15) is 55.0 Å². The number of aromatic nitrogens is 2. The third kappa shape index (κ3) is 5.19. The number of rotatable bonds is 7. The number of carbonyl (C=O) groups excluding carboxylic acids is 1. The molecule has 5 heterocycles.